The molecule has 226 valence electrons. The van der Waals surface area contributed by atoms with Crippen LogP contribution < -0.4 is 0 Å². The van der Waals surface area contributed by atoms with Crippen molar-refractivity contribution < 1.29 is 43.2 Å². The summed E-state index contributed by atoms with van der Waals surface area (Å²) in [7, 11) is 0. The van der Waals surface area contributed by atoms with E-state index in [1.807, 2.05) is 13.8 Å². The van der Waals surface area contributed by atoms with Crippen LogP contribution in [0.3, 0.4) is 0 Å². The summed E-state index contributed by atoms with van der Waals surface area (Å²) in [6.45, 7) is 20.9. The summed E-state index contributed by atoms with van der Waals surface area (Å²) in [6, 6.07) is 0. The highest BCUT2D eigenvalue weighted by molar-refractivity contribution is 6.21. The van der Waals surface area contributed by atoms with E-state index in [4.69, 9.17) is 35.3 Å². The van der Waals surface area contributed by atoms with E-state index >= 15 is 0 Å². The molecule has 0 radical (unpaired) electrons. The molecule has 0 aromatic heterocycles. The summed E-state index contributed by atoms with van der Waals surface area (Å²) < 4.78 is 29.6. The molecule has 0 aromatic rings. The molecule has 1 aliphatic heterocycles. The maximum Gasteiger partial charge on any atom is 0.333 e. The topological polar surface area (TPSA) is 118 Å². The number of halogens is 1. The molecule has 1 heterocycles. The van der Waals surface area contributed by atoms with Crippen molar-refractivity contribution in [3.63, 3.8) is 0 Å². The molecule has 2 rings (SSSR count). The molecule has 2 aliphatic rings. The van der Waals surface area contributed by atoms with Crippen molar-refractivity contribution >= 4 is 29.5 Å². The summed E-state index contributed by atoms with van der Waals surface area (Å²) in [5.74, 6) is -3.50. The van der Waals surface area contributed by atoms with Crippen molar-refractivity contribution in [3.05, 3.63) is 35.5 Å². The van der Waals surface area contributed by atoms with Gasteiger partial charge in [-0.1, -0.05) is 18.7 Å². The fraction of sp³-hybridized carbons (Fsp3) is 0.700. The lowest BCUT2D eigenvalue weighted by Crippen LogP contribution is -2.63. The summed E-state index contributed by atoms with van der Waals surface area (Å²) in [5.41, 5.74) is -1.35. The zero-order valence-corrected chi connectivity index (χ0v) is 26.1. The van der Waals surface area contributed by atoms with Crippen LogP contribution in [-0.2, 0) is 38.1 Å². The van der Waals surface area contributed by atoms with E-state index in [1.54, 1.807) is 53.7 Å². The van der Waals surface area contributed by atoms with Crippen LogP contribution in [0.25, 0.3) is 0 Å². The quantitative estimate of drug-likeness (QED) is 0.132. The Kier molecular flexibility index (Phi) is 10.8. The molecular weight excluding hydrogens is 540 g/mol. The number of alkyl halides is 1. The number of carbonyl (C=O) groups excluding carboxylic acids is 3. The largest absolute Gasteiger partial charge is 0.455 e. The van der Waals surface area contributed by atoms with Crippen molar-refractivity contribution in [1.29, 1.82) is 0 Å². The highest BCUT2D eigenvalue weighted by atomic mass is 35.5. The number of carbonyl (C=O) groups is 3. The first-order chi connectivity index (χ1) is 18.3. The van der Waals surface area contributed by atoms with Gasteiger partial charge in [0.25, 0.3) is 0 Å². The van der Waals surface area contributed by atoms with Crippen LogP contribution in [0.1, 0.15) is 82.1 Å². The molecule has 7 atom stereocenters. The minimum atomic E-state index is -1.74. The molecular formula is C30H45ClO9. The molecule has 0 aromatic carbocycles. The maximum absolute atomic E-state index is 13.0. The van der Waals surface area contributed by atoms with Crippen molar-refractivity contribution in [1.82, 2.24) is 0 Å². The lowest BCUT2D eigenvalue weighted by atomic mass is 9.70. The van der Waals surface area contributed by atoms with Gasteiger partial charge in [-0.05, 0) is 74.3 Å². The molecule has 1 N–H and O–H groups in total. The average molecular weight is 585 g/mol. The van der Waals surface area contributed by atoms with Crippen molar-refractivity contribution in [2.24, 2.45) is 5.92 Å². The SMILES string of the molecule is C=C(C(CC1OC(C)(C)OC1(C)C)OC(=O)C(C)=CC)C1CC(Cl)C(C)(O)C(OC(C)=O)C1OC(=O)C(C)=CC. The standard InChI is InChI=1S/C30H45ClO9/c1-12-16(3)26(33)37-21(15-23-28(7,8)40-29(9,10)39-23)18(5)20-14-22(31)30(11,35)25(36-19(6)32)24(20)38-27(34)17(4)13-2/h12-13,20-25,35H,5,14-15H2,1-4,6-11H3. The summed E-state index contributed by atoms with van der Waals surface area (Å²) in [5, 5.41) is 10.4. The van der Waals surface area contributed by atoms with Crippen LogP contribution in [0.5, 0.6) is 0 Å². The van der Waals surface area contributed by atoms with Gasteiger partial charge in [0.15, 0.2) is 11.9 Å². The second-order valence-electron chi connectivity index (χ2n) is 11.8. The molecule has 0 amide bonds. The first-order valence-electron chi connectivity index (χ1n) is 13.6. The van der Waals surface area contributed by atoms with Gasteiger partial charge < -0.3 is 28.8 Å². The van der Waals surface area contributed by atoms with Gasteiger partial charge in [0.1, 0.15) is 17.8 Å². The Balaban J connectivity index is 2.58. The number of aliphatic hydroxyl groups is 1. The minimum absolute atomic E-state index is 0.103. The van der Waals surface area contributed by atoms with Gasteiger partial charge in [-0.25, -0.2) is 9.59 Å². The predicted molar refractivity (Wildman–Crippen MR) is 150 cm³/mol. The summed E-state index contributed by atoms with van der Waals surface area (Å²) >= 11 is 6.66. The number of hydrogen-bond donors (Lipinski definition) is 1. The van der Waals surface area contributed by atoms with Gasteiger partial charge in [0.2, 0.25) is 0 Å². The Hall–Kier alpha value is -2.20. The average Bonchev–Trinajstić information content (AvgIpc) is 3.06. The molecule has 40 heavy (non-hydrogen) atoms. The second-order valence-corrected chi connectivity index (χ2v) is 12.3. The van der Waals surface area contributed by atoms with Crippen LogP contribution in [0, 0.1) is 5.92 Å². The van der Waals surface area contributed by atoms with Crippen LogP contribution in [0.4, 0.5) is 0 Å². The van der Waals surface area contributed by atoms with E-state index in [9.17, 15) is 19.5 Å². The van der Waals surface area contributed by atoms with Gasteiger partial charge in [0.05, 0.1) is 17.1 Å². The monoisotopic (exact) mass is 584 g/mol. The molecule has 9 nitrogen and oxygen atoms in total. The van der Waals surface area contributed by atoms with E-state index in [1.165, 1.54) is 13.8 Å². The Morgan fingerprint density at radius 2 is 1.57 bits per heavy atom. The first kappa shape index (κ1) is 34.0. The van der Waals surface area contributed by atoms with Gasteiger partial charge in [-0.2, -0.15) is 0 Å². The number of rotatable bonds is 9. The predicted octanol–water partition coefficient (Wildman–Crippen LogP) is 4.93. The molecule has 10 heteroatoms. The maximum atomic E-state index is 13.0. The van der Waals surface area contributed by atoms with Crippen molar-refractivity contribution in [2.45, 2.75) is 129 Å². The van der Waals surface area contributed by atoms with E-state index in [0.717, 1.165) is 0 Å². The van der Waals surface area contributed by atoms with Crippen molar-refractivity contribution in [3.8, 4) is 0 Å². The van der Waals surface area contributed by atoms with Gasteiger partial charge in [-0.3, -0.25) is 4.79 Å². The normalized spacial score (nSPS) is 32.6. The van der Waals surface area contributed by atoms with E-state index in [-0.39, 0.29) is 12.8 Å². The second kappa shape index (κ2) is 12.8. The zero-order chi connectivity index (χ0) is 30.8. The van der Waals surface area contributed by atoms with E-state index in [0.29, 0.717) is 16.7 Å². The lowest BCUT2D eigenvalue weighted by molar-refractivity contribution is -0.203. The van der Waals surface area contributed by atoms with E-state index in [2.05, 4.69) is 6.58 Å². The third kappa shape index (κ3) is 7.75. The van der Waals surface area contributed by atoms with Crippen LogP contribution in [-0.4, -0.2) is 69.8 Å². The smallest absolute Gasteiger partial charge is 0.333 e. The zero-order valence-electron chi connectivity index (χ0n) is 25.3. The summed E-state index contributed by atoms with van der Waals surface area (Å²) in [4.78, 5) is 38.0. The fourth-order valence-electron chi connectivity index (χ4n) is 5.11. The lowest BCUT2D eigenvalue weighted by Gasteiger charge is -2.48. The third-order valence-electron chi connectivity index (χ3n) is 7.69. The Morgan fingerprint density at radius 1 is 1.02 bits per heavy atom. The molecule has 7 unspecified atom stereocenters. The van der Waals surface area contributed by atoms with E-state index < -0.39 is 70.6 Å². The number of esters is 3. The van der Waals surface area contributed by atoms with Crippen molar-refractivity contribution in [2.75, 3.05) is 0 Å². The summed E-state index contributed by atoms with van der Waals surface area (Å²) in [6.07, 6.45) is -0.372. The molecule has 2 fully saturated rings. The molecule has 0 spiro atoms. The van der Waals surface area contributed by atoms with Crippen LogP contribution in [0.2, 0.25) is 0 Å². The molecule has 1 saturated carbocycles. The van der Waals surface area contributed by atoms with Gasteiger partial charge in [-0.15, -0.1) is 11.6 Å². The molecule has 1 saturated heterocycles. The Bertz CT molecular complexity index is 1060. The Labute approximate surface area is 242 Å². The third-order valence-corrected chi connectivity index (χ3v) is 8.31. The highest BCUT2D eigenvalue weighted by Gasteiger charge is 2.57. The van der Waals surface area contributed by atoms with Gasteiger partial charge >= 0.3 is 17.9 Å². The minimum Gasteiger partial charge on any atom is -0.455 e. The fourth-order valence-corrected chi connectivity index (χ4v) is 5.43. The number of hydrogen-bond acceptors (Lipinski definition) is 9. The highest BCUT2D eigenvalue weighted by Crippen LogP contribution is 2.45. The Morgan fingerprint density at radius 3 is 2.05 bits per heavy atom. The number of ether oxygens (including phenoxy) is 5. The molecule has 1 aliphatic carbocycles. The van der Waals surface area contributed by atoms with Crippen LogP contribution in [0.15, 0.2) is 35.5 Å². The van der Waals surface area contributed by atoms with Crippen LogP contribution >= 0.6 is 11.6 Å². The number of allylic oxidation sites excluding steroid dienone is 2. The first-order valence-corrected chi connectivity index (χ1v) is 14.0. The van der Waals surface area contributed by atoms with Gasteiger partial charge in [0, 0.05) is 30.4 Å². The molecule has 0 bridgehead atoms.